The number of sulfonamides is 1. The van der Waals surface area contributed by atoms with Crippen LogP contribution in [0.3, 0.4) is 0 Å². The number of aryl methyl sites for hydroxylation is 1. The number of nitrogens with one attached hydrogen (secondary N) is 2. The molecule has 3 rings (SSSR count). The summed E-state index contributed by atoms with van der Waals surface area (Å²) in [5.74, 6) is -0.109. The lowest BCUT2D eigenvalue weighted by Crippen LogP contribution is -3.15. The first-order valence-corrected chi connectivity index (χ1v) is 11.3. The number of rotatable bonds is 5. The van der Waals surface area contributed by atoms with Crippen molar-refractivity contribution in [1.82, 2.24) is 9.21 Å². The van der Waals surface area contributed by atoms with Crippen LogP contribution in [0.1, 0.15) is 12.5 Å². The second kappa shape index (κ2) is 9.21. The fraction of sp³-hybridized carbons (Fsp3) is 0.579. The van der Waals surface area contributed by atoms with Gasteiger partial charge in [-0.25, -0.2) is 8.42 Å². The zero-order chi connectivity index (χ0) is 21.0. The Balaban J connectivity index is 1.64. The minimum absolute atomic E-state index is 0.0578. The van der Waals surface area contributed by atoms with Gasteiger partial charge in [-0.2, -0.15) is 4.31 Å². The molecule has 0 atom stereocenters. The van der Waals surface area contributed by atoms with Gasteiger partial charge in [0.1, 0.15) is 0 Å². The number of carbonyl (C=O) groups is 2. The highest BCUT2D eigenvalue weighted by molar-refractivity contribution is 7.89. The van der Waals surface area contributed by atoms with E-state index in [2.05, 4.69) is 5.32 Å². The van der Waals surface area contributed by atoms with Gasteiger partial charge in [0.2, 0.25) is 15.9 Å². The first-order chi connectivity index (χ1) is 13.8. The predicted octanol–water partition coefficient (Wildman–Crippen LogP) is -1.30. The van der Waals surface area contributed by atoms with Crippen molar-refractivity contribution < 1.29 is 27.6 Å². The number of quaternary nitrogens is 1. The van der Waals surface area contributed by atoms with E-state index in [1.165, 1.54) is 10.4 Å². The minimum atomic E-state index is -3.62. The molecule has 1 aromatic carbocycles. The summed E-state index contributed by atoms with van der Waals surface area (Å²) in [4.78, 5) is 27.0. The van der Waals surface area contributed by atoms with Gasteiger partial charge in [-0.1, -0.05) is 6.07 Å². The van der Waals surface area contributed by atoms with Crippen molar-refractivity contribution in [2.75, 3.05) is 64.3 Å². The van der Waals surface area contributed by atoms with Crippen molar-refractivity contribution in [3.05, 3.63) is 23.8 Å². The molecule has 2 amide bonds. The van der Waals surface area contributed by atoms with E-state index >= 15 is 0 Å². The monoisotopic (exact) mass is 425 g/mol. The Morgan fingerprint density at radius 1 is 1.14 bits per heavy atom. The molecule has 9 nitrogen and oxygen atoms in total. The molecule has 0 aromatic heterocycles. The van der Waals surface area contributed by atoms with Gasteiger partial charge in [0.25, 0.3) is 5.91 Å². The molecule has 0 spiro atoms. The van der Waals surface area contributed by atoms with Gasteiger partial charge in [-0.05, 0) is 24.6 Å². The molecule has 0 radical (unpaired) electrons. The van der Waals surface area contributed by atoms with Crippen LogP contribution in [0.25, 0.3) is 0 Å². The van der Waals surface area contributed by atoms with E-state index < -0.39 is 10.0 Å². The largest absolute Gasteiger partial charge is 0.379 e. The van der Waals surface area contributed by atoms with Crippen LogP contribution in [-0.4, -0.2) is 88.5 Å². The number of piperazine rings is 1. The van der Waals surface area contributed by atoms with Crippen LogP contribution < -0.4 is 10.2 Å². The van der Waals surface area contributed by atoms with Crippen molar-refractivity contribution in [3.63, 3.8) is 0 Å². The molecule has 2 heterocycles. The number of nitrogens with zero attached hydrogens (tertiary/aromatic N) is 2. The van der Waals surface area contributed by atoms with E-state index in [9.17, 15) is 18.0 Å². The number of anilines is 1. The summed E-state index contributed by atoms with van der Waals surface area (Å²) in [6.07, 6.45) is 0. The van der Waals surface area contributed by atoms with Gasteiger partial charge in [-0.15, -0.1) is 0 Å². The molecule has 0 bridgehead atoms. The van der Waals surface area contributed by atoms with Gasteiger partial charge >= 0.3 is 0 Å². The zero-order valence-electron chi connectivity index (χ0n) is 16.9. The number of hydrogen-bond donors (Lipinski definition) is 2. The summed E-state index contributed by atoms with van der Waals surface area (Å²) < 4.78 is 32.4. The highest BCUT2D eigenvalue weighted by Gasteiger charge is 2.27. The maximum atomic E-state index is 12.9. The third-order valence-electron chi connectivity index (χ3n) is 5.42. The SMILES string of the molecule is CC(=O)N1CC[NH+](CC(=O)Nc2cc(S(=O)(=O)N3CCOCC3)ccc2C)CC1. The van der Waals surface area contributed by atoms with E-state index in [-0.39, 0.29) is 23.3 Å². The van der Waals surface area contributed by atoms with Gasteiger partial charge < -0.3 is 19.9 Å². The van der Waals surface area contributed by atoms with Crippen LogP contribution >= 0.6 is 0 Å². The van der Waals surface area contributed by atoms with Crippen molar-refractivity contribution >= 4 is 27.5 Å². The number of amides is 2. The van der Waals surface area contributed by atoms with Crippen LogP contribution in [0, 0.1) is 6.92 Å². The molecular formula is C19H29N4O5S+. The van der Waals surface area contributed by atoms with E-state index in [1.807, 2.05) is 6.92 Å². The number of carbonyl (C=O) groups excluding carboxylic acids is 2. The van der Waals surface area contributed by atoms with Crippen LogP contribution in [0.4, 0.5) is 5.69 Å². The standard InChI is InChI=1S/C19H28N4O5S/c1-15-3-4-17(29(26,27)23-9-11-28-12-10-23)13-18(15)20-19(25)14-21-5-7-22(8-6-21)16(2)24/h3-4,13H,5-12,14H2,1-2H3,(H,20,25)/p+1. The molecule has 0 unspecified atom stereocenters. The summed E-state index contributed by atoms with van der Waals surface area (Å²) in [5, 5.41) is 2.86. The minimum Gasteiger partial charge on any atom is -0.379 e. The lowest BCUT2D eigenvalue weighted by Gasteiger charge is -2.31. The third-order valence-corrected chi connectivity index (χ3v) is 7.31. The Labute approximate surface area is 171 Å². The highest BCUT2D eigenvalue weighted by Crippen LogP contribution is 2.23. The number of morpholine rings is 1. The molecule has 10 heteroatoms. The molecule has 2 aliphatic heterocycles. The Hall–Kier alpha value is -2.01. The van der Waals surface area contributed by atoms with E-state index in [0.717, 1.165) is 23.6 Å². The predicted molar refractivity (Wildman–Crippen MR) is 107 cm³/mol. The third kappa shape index (κ3) is 5.33. The average molecular weight is 426 g/mol. The fourth-order valence-electron chi connectivity index (χ4n) is 3.57. The second-order valence-corrected chi connectivity index (χ2v) is 9.41. The molecule has 1 aromatic rings. The normalized spacial score (nSPS) is 19.2. The summed E-state index contributed by atoms with van der Waals surface area (Å²) in [6.45, 7) is 7.82. The molecule has 0 saturated carbocycles. The van der Waals surface area contributed by atoms with Gasteiger partial charge in [0.15, 0.2) is 6.54 Å². The van der Waals surface area contributed by atoms with Crippen molar-refractivity contribution in [1.29, 1.82) is 0 Å². The fourth-order valence-corrected chi connectivity index (χ4v) is 5.00. The zero-order valence-corrected chi connectivity index (χ0v) is 17.8. The lowest BCUT2D eigenvalue weighted by molar-refractivity contribution is -0.895. The van der Waals surface area contributed by atoms with Gasteiger partial charge in [0.05, 0.1) is 44.3 Å². The van der Waals surface area contributed by atoms with Crippen molar-refractivity contribution in [3.8, 4) is 0 Å². The van der Waals surface area contributed by atoms with E-state index in [1.54, 1.807) is 24.0 Å². The Bertz CT molecular complexity index is 859. The first kappa shape index (κ1) is 21.7. The highest BCUT2D eigenvalue weighted by atomic mass is 32.2. The van der Waals surface area contributed by atoms with Gasteiger partial charge in [-0.3, -0.25) is 9.59 Å². The van der Waals surface area contributed by atoms with Crippen LogP contribution in [0.2, 0.25) is 0 Å². The molecule has 2 aliphatic rings. The van der Waals surface area contributed by atoms with Crippen LogP contribution in [0.15, 0.2) is 23.1 Å². The molecule has 0 aliphatic carbocycles. The van der Waals surface area contributed by atoms with Crippen molar-refractivity contribution in [2.45, 2.75) is 18.7 Å². The molecule has 29 heavy (non-hydrogen) atoms. The molecule has 2 fully saturated rings. The molecular weight excluding hydrogens is 396 g/mol. The Morgan fingerprint density at radius 2 is 1.79 bits per heavy atom. The second-order valence-electron chi connectivity index (χ2n) is 7.47. The Morgan fingerprint density at radius 3 is 2.41 bits per heavy atom. The summed E-state index contributed by atoms with van der Waals surface area (Å²) in [7, 11) is -3.62. The Kier molecular flexibility index (Phi) is 6.89. The quantitative estimate of drug-likeness (QED) is 0.611. The molecule has 2 saturated heterocycles. The number of ether oxygens (including phenoxy) is 1. The smallest absolute Gasteiger partial charge is 0.279 e. The number of hydrogen-bond acceptors (Lipinski definition) is 5. The molecule has 2 N–H and O–H groups in total. The first-order valence-electron chi connectivity index (χ1n) is 9.85. The van der Waals surface area contributed by atoms with Gasteiger partial charge in [0, 0.05) is 25.7 Å². The summed E-state index contributed by atoms with van der Waals surface area (Å²) in [6, 6.07) is 4.81. The maximum absolute atomic E-state index is 12.9. The summed E-state index contributed by atoms with van der Waals surface area (Å²) >= 11 is 0. The van der Waals surface area contributed by atoms with Crippen molar-refractivity contribution in [2.24, 2.45) is 0 Å². The topological polar surface area (TPSA) is 100 Å². The van der Waals surface area contributed by atoms with Crippen LogP contribution in [0.5, 0.6) is 0 Å². The number of benzene rings is 1. The lowest BCUT2D eigenvalue weighted by atomic mass is 10.2. The van der Waals surface area contributed by atoms with Crippen LogP contribution in [-0.2, 0) is 24.3 Å². The average Bonchev–Trinajstić information content (AvgIpc) is 2.70. The van der Waals surface area contributed by atoms with E-state index in [0.29, 0.717) is 45.1 Å². The van der Waals surface area contributed by atoms with E-state index in [4.69, 9.17) is 4.74 Å². The molecule has 160 valence electrons. The maximum Gasteiger partial charge on any atom is 0.279 e. The summed E-state index contributed by atoms with van der Waals surface area (Å²) in [5.41, 5.74) is 1.31.